The van der Waals surface area contributed by atoms with E-state index in [0.717, 1.165) is 22.9 Å². The van der Waals surface area contributed by atoms with Gasteiger partial charge >= 0.3 is 0 Å². The van der Waals surface area contributed by atoms with Crippen LogP contribution in [0.25, 0.3) is 0 Å². The summed E-state index contributed by atoms with van der Waals surface area (Å²) in [6.45, 7) is 5.88. The number of methoxy groups -OCH3 is 1. The van der Waals surface area contributed by atoms with Gasteiger partial charge in [-0.15, -0.1) is 0 Å². The SMILES string of the molecule is COc1cccc(Nc2cc(Nc3ccc(OC(C)C)cc3)nc(C)n2)c1. The Morgan fingerprint density at radius 1 is 0.815 bits per heavy atom. The van der Waals surface area contributed by atoms with Crippen LogP contribution < -0.4 is 20.1 Å². The van der Waals surface area contributed by atoms with Crippen molar-refractivity contribution in [3.8, 4) is 11.5 Å². The fraction of sp³-hybridized carbons (Fsp3) is 0.238. The van der Waals surface area contributed by atoms with E-state index in [1.807, 2.05) is 75.4 Å². The van der Waals surface area contributed by atoms with Gasteiger partial charge in [0.15, 0.2) is 0 Å². The molecule has 0 bridgehead atoms. The van der Waals surface area contributed by atoms with Crippen molar-refractivity contribution in [1.29, 1.82) is 0 Å². The third-order valence-corrected chi connectivity index (χ3v) is 3.68. The van der Waals surface area contributed by atoms with Crippen LogP contribution in [0.1, 0.15) is 19.7 Å². The average Bonchev–Trinajstić information content (AvgIpc) is 2.62. The maximum atomic E-state index is 5.67. The molecule has 6 heteroatoms. The highest BCUT2D eigenvalue weighted by atomic mass is 16.5. The minimum atomic E-state index is 0.151. The lowest BCUT2D eigenvalue weighted by Crippen LogP contribution is -2.05. The van der Waals surface area contributed by atoms with Crippen LogP contribution in [0.5, 0.6) is 11.5 Å². The summed E-state index contributed by atoms with van der Waals surface area (Å²) in [7, 11) is 1.65. The van der Waals surface area contributed by atoms with E-state index >= 15 is 0 Å². The number of rotatable bonds is 7. The molecule has 27 heavy (non-hydrogen) atoms. The van der Waals surface area contributed by atoms with Crippen LogP contribution in [-0.4, -0.2) is 23.2 Å². The second kappa shape index (κ2) is 8.40. The molecule has 0 atom stereocenters. The van der Waals surface area contributed by atoms with Gasteiger partial charge in [0.2, 0.25) is 0 Å². The minimum Gasteiger partial charge on any atom is -0.497 e. The molecule has 0 aliphatic carbocycles. The first-order chi connectivity index (χ1) is 13.0. The van der Waals surface area contributed by atoms with Crippen LogP contribution in [0.15, 0.2) is 54.6 Å². The zero-order chi connectivity index (χ0) is 19.2. The van der Waals surface area contributed by atoms with Gasteiger partial charge in [0, 0.05) is 23.5 Å². The summed E-state index contributed by atoms with van der Waals surface area (Å²) in [6.07, 6.45) is 0.151. The van der Waals surface area contributed by atoms with Gasteiger partial charge in [-0.1, -0.05) is 6.07 Å². The van der Waals surface area contributed by atoms with Crippen molar-refractivity contribution in [3.63, 3.8) is 0 Å². The Kier molecular flexibility index (Phi) is 5.76. The Balaban J connectivity index is 1.74. The monoisotopic (exact) mass is 364 g/mol. The number of anilines is 4. The van der Waals surface area contributed by atoms with E-state index in [2.05, 4.69) is 20.6 Å². The Hall–Kier alpha value is -3.28. The van der Waals surface area contributed by atoms with E-state index in [9.17, 15) is 0 Å². The summed E-state index contributed by atoms with van der Waals surface area (Å²) in [5.74, 6) is 3.72. The minimum absolute atomic E-state index is 0.151. The fourth-order valence-electron chi connectivity index (χ4n) is 2.58. The number of hydrogen-bond donors (Lipinski definition) is 2. The Morgan fingerprint density at radius 2 is 1.48 bits per heavy atom. The quantitative estimate of drug-likeness (QED) is 0.610. The van der Waals surface area contributed by atoms with E-state index in [-0.39, 0.29) is 6.10 Å². The molecular formula is C21H24N4O2. The molecule has 0 aliphatic rings. The number of nitrogens with one attached hydrogen (secondary N) is 2. The lowest BCUT2D eigenvalue weighted by atomic mass is 10.3. The number of aryl methyl sites for hydroxylation is 1. The molecule has 0 spiro atoms. The van der Waals surface area contributed by atoms with Gasteiger partial charge in [-0.05, 0) is 57.2 Å². The highest BCUT2D eigenvalue weighted by Gasteiger charge is 2.05. The lowest BCUT2D eigenvalue weighted by molar-refractivity contribution is 0.242. The molecule has 0 saturated carbocycles. The summed E-state index contributed by atoms with van der Waals surface area (Å²) in [4.78, 5) is 8.91. The van der Waals surface area contributed by atoms with Crippen molar-refractivity contribution in [1.82, 2.24) is 9.97 Å². The fourth-order valence-corrected chi connectivity index (χ4v) is 2.58. The van der Waals surface area contributed by atoms with Crippen molar-refractivity contribution in [2.75, 3.05) is 17.7 Å². The van der Waals surface area contributed by atoms with E-state index in [0.29, 0.717) is 17.5 Å². The largest absolute Gasteiger partial charge is 0.497 e. The predicted molar refractivity (Wildman–Crippen MR) is 109 cm³/mol. The van der Waals surface area contributed by atoms with Crippen LogP contribution >= 0.6 is 0 Å². The summed E-state index contributed by atoms with van der Waals surface area (Å²) in [5.41, 5.74) is 1.82. The van der Waals surface area contributed by atoms with Crippen LogP contribution in [-0.2, 0) is 0 Å². The summed E-state index contributed by atoms with van der Waals surface area (Å²) in [5, 5.41) is 6.59. The molecule has 1 aromatic heterocycles. The molecule has 1 heterocycles. The van der Waals surface area contributed by atoms with Gasteiger partial charge in [-0.3, -0.25) is 0 Å². The molecule has 0 saturated heterocycles. The lowest BCUT2D eigenvalue weighted by Gasteiger charge is -2.12. The van der Waals surface area contributed by atoms with Crippen molar-refractivity contribution in [2.24, 2.45) is 0 Å². The summed E-state index contributed by atoms with van der Waals surface area (Å²) >= 11 is 0. The molecule has 0 unspecified atom stereocenters. The Morgan fingerprint density at radius 3 is 2.11 bits per heavy atom. The predicted octanol–water partition coefficient (Wildman–Crippen LogP) is 5.07. The highest BCUT2D eigenvalue weighted by Crippen LogP contribution is 2.24. The first kappa shape index (κ1) is 18.5. The first-order valence-corrected chi connectivity index (χ1v) is 8.82. The van der Waals surface area contributed by atoms with E-state index in [1.54, 1.807) is 7.11 Å². The first-order valence-electron chi connectivity index (χ1n) is 8.82. The third-order valence-electron chi connectivity index (χ3n) is 3.68. The van der Waals surface area contributed by atoms with Crippen molar-refractivity contribution in [2.45, 2.75) is 26.9 Å². The van der Waals surface area contributed by atoms with Crippen LogP contribution in [0.3, 0.4) is 0 Å². The molecule has 140 valence electrons. The third kappa shape index (κ3) is 5.34. The van der Waals surface area contributed by atoms with Crippen LogP contribution in [0.4, 0.5) is 23.0 Å². The Bertz CT molecular complexity index is 895. The second-order valence-electron chi connectivity index (χ2n) is 6.36. The van der Waals surface area contributed by atoms with E-state index < -0.39 is 0 Å². The molecular weight excluding hydrogens is 340 g/mol. The van der Waals surface area contributed by atoms with Gasteiger partial charge in [0.25, 0.3) is 0 Å². The Labute approximate surface area is 159 Å². The average molecular weight is 364 g/mol. The molecule has 0 fully saturated rings. The van der Waals surface area contributed by atoms with E-state index in [4.69, 9.17) is 9.47 Å². The summed E-state index contributed by atoms with van der Waals surface area (Å²) in [6, 6.07) is 17.4. The number of aromatic nitrogens is 2. The molecule has 3 aromatic rings. The van der Waals surface area contributed by atoms with Gasteiger partial charge in [-0.25, -0.2) is 9.97 Å². The van der Waals surface area contributed by atoms with E-state index in [1.165, 1.54) is 0 Å². The van der Waals surface area contributed by atoms with Gasteiger partial charge in [-0.2, -0.15) is 0 Å². The zero-order valence-corrected chi connectivity index (χ0v) is 16.0. The molecule has 3 rings (SSSR count). The standard InChI is InChI=1S/C21H24N4O2/c1-14(2)27-18-10-8-16(9-11-18)24-20-13-21(23-15(3)22-20)25-17-6-5-7-19(12-17)26-4/h5-14H,1-4H3,(H2,22,23,24,25). The van der Waals surface area contributed by atoms with Crippen LogP contribution in [0, 0.1) is 6.92 Å². The maximum absolute atomic E-state index is 5.67. The summed E-state index contributed by atoms with van der Waals surface area (Å²) < 4.78 is 10.9. The smallest absolute Gasteiger partial charge is 0.136 e. The number of benzene rings is 2. The molecule has 2 N–H and O–H groups in total. The molecule has 0 aliphatic heterocycles. The van der Waals surface area contributed by atoms with Crippen LogP contribution in [0.2, 0.25) is 0 Å². The topological polar surface area (TPSA) is 68.3 Å². The van der Waals surface area contributed by atoms with Gasteiger partial charge < -0.3 is 20.1 Å². The molecule has 2 aromatic carbocycles. The van der Waals surface area contributed by atoms with Crippen molar-refractivity contribution >= 4 is 23.0 Å². The zero-order valence-electron chi connectivity index (χ0n) is 16.0. The van der Waals surface area contributed by atoms with Crippen molar-refractivity contribution in [3.05, 3.63) is 60.4 Å². The van der Waals surface area contributed by atoms with Gasteiger partial charge in [0.1, 0.15) is 29.0 Å². The number of nitrogens with zero attached hydrogens (tertiary/aromatic N) is 2. The number of hydrogen-bond acceptors (Lipinski definition) is 6. The molecule has 0 radical (unpaired) electrons. The molecule has 0 amide bonds. The second-order valence-corrected chi connectivity index (χ2v) is 6.36. The number of ether oxygens (including phenoxy) is 2. The highest BCUT2D eigenvalue weighted by molar-refractivity contribution is 5.64. The van der Waals surface area contributed by atoms with Crippen molar-refractivity contribution < 1.29 is 9.47 Å². The normalized spacial score (nSPS) is 10.6. The maximum Gasteiger partial charge on any atom is 0.136 e. The van der Waals surface area contributed by atoms with Gasteiger partial charge in [0.05, 0.1) is 13.2 Å². The molecule has 6 nitrogen and oxygen atoms in total.